The number of hydrogen-bond donors (Lipinski definition) is 11. The highest BCUT2D eigenvalue weighted by molar-refractivity contribution is 5.90. The molecular formula is C49H69N9O16. The predicted octanol–water partition coefficient (Wildman–Crippen LogP) is -0.768. The van der Waals surface area contributed by atoms with Gasteiger partial charge in [0.15, 0.2) is 0 Å². The molecule has 1 heterocycles. The zero-order valence-corrected chi connectivity index (χ0v) is 41.2. The van der Waals surface area contributed by atoms with Crippen molar-refractivity contribution in [2.75, 3.05) is 91.6 Å². The fourth-order valence-corrected chi connectivity index (χ4v) is 10.0. The van der Waals surface area contributed by atoms with Gasteiger partial charge in [0.2, 0.25) is 17.7 Å². The average molecular weight is 1040 g/mol. The molecule has 0 spiro atoms. The second-order valence-electron chi connectivity index (χ2n) is 19.6. The zero-order chi connectivity index (χ0) is 54.0. The number of nitrogens with zero attached hydrogens (tertiary/aromatic N) is 4. The third-order valence-corrected chi connectivity index (χ3v) is 13.9. The smallest absolute Gasteiger partial charge is 0.326 e. The van der Waals surface area contributed by atoms with Crippen molar-refractivity contribution >= 4 is 70.3 Å². The van der Waals surface area contributed by atoms with Gasteiger partial charge in [0.05, 0.1) is 26.2 Å². The Hall–Kier alpha value is -6.96. The highest BCUT2D eigenvalue weighted by Crippen LogP contribution is 2.61. The van der Waals surface area contributed by atoms with Gasteiger partial charge in [-0.1, -0.05) is 42.5 Å². The number of unbranched alkanes of at least 4 members (excludes halogenated alkanes) is 1. The molecule has 4 fully saturated rings. The minimum absolute atomic E-state index is 0.0239. The van der Waals surface area contributed by atoms with E-state index in [0.29, 0.717) is 25.8 Å². The molecule has 25 nitrogen and oxygen atoms in total. The summed E-state index contributed by atoms with van der Waals surface area (Å²) in [7, 11) is 0. The van der Waals surface area contributed by atoms with Gasteiger partial charge in [-0.25, -0.2) is 14.4 Å². The Bertz CT molecular complexity index is 2320. The van der Waals surface area contributed by atoms with Crippen molar-refractivity contribution in [1.29, 1.82) is 0 Å². The third kappa shape index (κ3) is 18.8. The Kier molecular flexibility index (Phi) is 21.9. The summed E-state index contributed by atoms with van der Waals surface area (Å²) in [5.41, 5.74) is 0.449. The lowest BCUT2D eigenvalue weighted by molar-refractivity contribution is -0.141. The molecule has 11 N–H and O–H groups in total. The standard InChI is InChI=1S/C49H69N9O16/c59-39(26-55-13-15-56(27-41(62)63)17-19-58(29-43(66)67)20-18-57(16-14-55)28-42(64)65)51-30-49-23-34(24-49)35(25-49)44(68)52-38(22-31-8-9-32-5-1-2-6-33(32)21-31)45(69)50-12-4-3-7-36(46(70)71)53-48(74)54-37(47(72)73)10-11-40(60)61/h1-2,5-6,8-9,21,34-38H,3-4,7,10-20,22-30H2,(H,50,69)(H,51,59)(H,52,68)(H,60,61)(H,62,63)(H,64,65)(H,66,67)(H,70,71)(H,72,73)(H2,53,54,74)/t34?,35?,36?,37-,38-,49?/m0/s1. The number of carbonyl (C=O) groups excluding carboxylic acids is 4. The van der Waals surface area contributed by atoms with Crippen molar-refractivity contribution in [2.24, 2.45) is 17.3 Å². The second kappa shape index (κ2) is 27.9. The Morgan fingerprint density at radius 3 is 1.58 bits per heavy atom. The molecule has 25 heteroatoms. The van der Waals surface area contributed by atoms with Crippen molar-refractivity contribution in [1.82, 2.24) is 46.2 Å². The van der Waals surface area contributed by atoms with Gasteiger partial charge >= 0.3 is 41.8 Å². The van der Waals surface area contributed by atoms with Gasteiger partial charge in [-0.3, -0.25) is 53.2 Å². The van der Waals surface area contributed by atoms with E-state index < -0.39 is 84.6 Å². The van der Waals surface area contributed by atoms with Gasteiger partial charge in [-0.15, -0.1) is 0 Å². The molecule has 1 saturated heterocycles. The van der Waals surface area contributed by atoms with Crippen molar-refractivity contribution < 1.29 is 78.6 Å². The van der Waals surface area contributed by atoms with Gasteiger partial charge in [0, 0.05) is 84.2 Å². The van der Waals surface area contributed by atoms with Crippen molar-refractivity contribution in [3.05, 3.63) is 48.0 Å². The zero-order valence-electron chi connectivity index (χ0n) is 41.2. The number of benzene rings is 2. The van der Waals surface area contributed by atoms with Crippen LogP contribution in [0.25, 0.3) is 10.8 Å². The van der Waals surface area contributed by atoms with Crippen LogP contribution < -0.4 is 26.6 Å². The number of nitrogens with one attached hydrogen (secondary N) is 5. The van der Waals surface area contributed by atoms with Crippen LogP contribution in [0.4, 0.5) is 4.79 Å². The van der Waals surface area contributed by atoms with E-state index in [9.17, 15) is 73.5 Å². The van der Waals surface area contributed by atoms with E-state index in [0.717, 1.165) is 16.3 Å². The number of amides is 5. The maximum absolute atomic E-state index is 14.1. The molecule has 74 heavy (non-hydrogen) atoms. The molecule has 2 aromatic carbocycles. The molecular weight excluding hydrogens is 971 g/mol. The number of aliphatic carboxylic acids is 6. The fourth-order valence-electron chi connectivity index (χ4n) is 10.0. The van der Waals surface area contributed by atoms with Crippen molar-refractivity contribution in [3.63, 3.8) is 0 Å². The Labute approximate surface area is 426 Å². The first-order chi connectivity index (χ1) is 35.2. The summed E-state index contributed by atoms with van der Waals surface area (Å²) in [6.07, 6.45) is 1.47. The third-order valence-electron chi connectivity index (χ3n) is 13.9. The number of carbonyl (C=O) groups is 10. The summed E-state index contributed by atoms with van der Waals surface area (Å²) in [6, 6.07) is 8.40. The molecule has 2 unspecified atom stereocenters. The topological polar surface area (TPSA) is 365 Å². The van der Waals surface area contributed by atoms with Crippen molar-refractivity contribution in [2.45, 2.75) is 75.9 Å². The summed E-state index contributed by atoms with van der Waals surface area (Å²) in [4.78, 5) is 130. The minimum Gasteiger partial charge on any atom is -0.481 e. The van der Waals surface area contributed by atoms with Crippen LogP contribution in [0.15, 0.2) is 42.5 Å². The van der Waals surface area contributed by atoms with Crippen LogP contribution in [0.3, 0.4) is 0 Å². The summed E-state index contributed by atoms with van der Waals surface area (Å²) in [5, 5.41) is 71.6. The fraction of sp³-hybridized carbons (Fsp3) is 0.592. The summed E-state index contributed by atoms with van der Waals surface area (Å²) >= 11 is 0. The van der Waals surface area contributed by atoms with E-state index in [1.54, 1.807) is 14.7 Å². The van der Waals surface area contributed by atoms with E-state index in [1.165, 1.54) is 0 Å². The highest BCUT2D eigenvalue weighted by atomic mass is 16.4. The highest BCUT2D eigenvalue weighted by Gasteiger charge is 2.58. The first-order valence-corrected chi connectivity index (χ1v) is 24.8. The number of hydrogen-bond acceptors (Lipinski definition) is 14. The summed E-state index contributed by atoms with van der Waals surface area (Å²) in [5.74, 6) is -8.78. The lowest BCUT2D eigenvalue weighted by Crippen LogP contribution is -2.51. The quantitative estimate of drug-likeness (QED) is 0.0490. The summed E-state index contributed by atoms with van der Waals surface area (Å²) < 4.78 is 0. The van der Waals surface area contributed by atoms with E-state index in [-0.39, 0.29) is 134 Å². The van der Waals surface area contributed by atoms with E-state index in [4.69, 9.17) is 5.11 Å². The number of carboxylic acids is 6. The SMILES string of the molecule is O=C(O)CC[C@H](NC(=O)NC(CCCCNC(=O)[C@H](Cc1ccc2ccccc2c1)NC(=O)C1CC2(CNC(=O)CN3CCN(CC(=O)O)CCN(CC(=O)O)CCN(CC(=O)O)CC3)CC1C2)C(=O)O)C(=O)O. The first kappa shape index (κ1) is 57.9. The van der Waals surface area contributed by atoms with Gasteiger partial charge in [0.25, 0.3) is 0 Å². The molecule has 4 atom stereocenters. The van der Waals surface area contributed by atoms with Crippen LogP contribution in [-0.4, -0.2) is 220 Å². The Morgan fingerprint density at radius 1 is 0.554 bits per heavy atom. The maximum Gasteiger partial charge on any atom is 0.326 e. The predicted molar refractivity (Wildman–Crippen MR) is 263 cm³/mol. The first-order valence-electron chi connectivity index (χ1n) is 24.8. The Morgan fingerprint density at radius 2 is 1.07 bits per heavy atom. The number of rotatable bonds is 27. The molecule has 5 amide bonds. The molecule has 2 aromatic rings. The van der Waals surface area contributed by atoms with Gasteiger partial charge < -0.3 is 57.2 Å². The molecule has 3 saturated carbocycles. The molecule has 3 aliphatic carbocycles. The molecule has 0 radical (unpaired) electrons. The van der Waals surface area contributed by atoms with Gasteiger partial charge in [-0.05, 0) is 72.6 Å². The van der Waals surface area contributed by atoms with Crippen LogP contribution >= 0.6 is 0 Å². The van der Waals surface area contributed by atoms with E-state index >= 15 is 0 Å². The lowest BCUT2D eigenvalue weighted by atomic mass is 9.69. The molecule has 406 valence electrons. The van der Waals surface area contributed by atoms with E-state index in [2.05, 4.69) is 26.6 Å². The Balaban J connectivity index is 1.15. The van der Waals surface area contributed by atoms with Crippen LogP contribution in [0.1, 0.15) is 56.9 Å². The minimum atomic E-state index is -1.56. The molecule has 0 aromatic heterocycles. The average Bonchev–Trinajstić information content (AvgIpc) is 3.89. The lowest BCUT2D eigenvalue weighted by Gasteiger charge is -2.39. The molecule has 2 bridgehead atoms. The number of fused-ring (bicyclic) bond motifs is 2. The van der Waals surface area contributed by atoms with Crippen molar-refractivity contribution in [3.8, 4) is 0 Å². The summed E-state index contributed by atoms with van der Waals surface area (Å²) in [6.45, 7) is 1.53. The van der Waals surface area contributed by atoms with Crippen LogP contribution in [-0.2, 0) is 49.6 Å². The maximum atomic E-state index is 14.1. The monoisotopic (exact) mass is 1040 g/mol. The van der Waals surface area contributed by atoms with Gasteiger partial charge in [-0.2, -0.15) is 0 Å². The second-order valence-corrected chi connectivity index (χ2v) is 19.6. The van der Waals surface area contributed by atoms with Crippen LogP contribution in [0, 0.1) is 17.3 Å². The normalized spacial score (nSPS) is 21.0. The molecule has 6 rings (SSSR count). The number of carboxylic acid groups (broad SMARTS) is 6. The largest absolute Gasteiger partial charge is 0.481 e. The van der Waals surface area contributed by atoms with Gasteiger partial charge in [0.1, 0.15) is 18.1 Å². The number of urea groups is 1. The van der Waals surface area contributed by atoms with Crippen LogP contribution in [0.5, 0.6) is 0 Å². The molecule has 1 aliphatic heterocycles. The van der Waals surface area contributed by atoms with E-state index in [1.807, 2.05) is 47.4 Å². The van der Waals surface area contributed by atoms with Crippen LogP contribution in [0.2, 0.25) is 0 Å². The molecule has 4 aliphatic rings.